The molecule has 0 radical (unpaired) electrons. The van der Waals surface area contributed by atoms with Crippen molar-refractivity contribution in [2.24, 2.45) is 11.8 Å². The highest BCUT2D eigenvalue weighted by molar-refractivity contribution is 5.98. The van der Waals surface area contributed by atoms with E-state index < -0.39 is 0 Å². The molecule has 0 spiro atoms. The number of hydrogen-bond acceptors (Lipinski definition) is 1. The molecule has 0 saturated heterocycles. The van der Waals surface area contributed by atoms with Crippen LogP contribution in [-0.2, 0) is 0 Å². The zero-order chi connectivity index (χ0) is 13.1. The second kappa shape index (κ2) is 5.64. The molecule has 1 aromatic carbocycles. The van der Waals surface area contributed by atoms with Crippen LogP contribution in [0.5, 0.6) is 0 Å². The summed E-state index contributed by atoms with van der Waals surface area (Å²) in [6.07, 6.45) is 5.30. The van der Waals surface area contributed by atoms with Gasteiger partial charge in [-0.05, 0) is 37.8 Å². The van der Waals surface area contributed by atoms with Crippen LogP contribution in [0.3, 0.4) is 0 Å². The van der Waals surface area contributed by atoms with Gasteiger partial charge in [0.05, 0.1) is 5.56 Å². The highest BCUT2D eigenvalue weighted by Gasteiger charge is 2.28. The third kappa shape index (κ3) is 2.80. The van der Waals surface area contributed by atoms with Crippen molar-refractivity contribution in [2.75, 3.05) is 0 Å². The Morgan fingerprint density at radius 3 is 2.89 bits per heavy atom. The highest BCUT2D eigenvalue weighted by atomic mass is 19.1. The van der Waals surface area contributed by atoms with E-state index in [2.05, 4.69) is 6.92 Å². The van der Waals surface area contributed by atoms with Gasteiger partial charge in [0.15, 0.2) is 5.78 Å². The van der Waals surface area contributed by atoms with Gasteiger partial charge in [-0.2, -0.15) is 0 Å². The number of benzene rings is 1. The minimum atomic E-state index is -0.371. The molecular weight excluding hydrogens is 227 g/mol. The molecule has 2 unspecified atom stereocenters. The smallest absolute Gasteiger partial charge is 0.168 e. The lowest BCUT2D eigenvalue weighted by molar-refractivity contribution is 0.0857. The zero-order valence-electron chi connectivity index (χ0n) is 11.2. The number of aryl methyl sites for hydroxylation is 1. The van der Waals surface area contributed by atoms with E-state index in [9.17, 15) is 9.18 Å². The van der Waals surface area contributed by atoms with Gasteiger partial charge in [-0.25, -0.2) is 4.39 Å². The maximum Gasteiger partial charge on any atom is 0.168 e. The van der Waals surface area contributed by atoms with E-state index in [4.69, 9.17) is 0 Å². The molecule has 0 aliphatic heterocycles. The number of rotatable bonds is 3. The van der Waals surface area contributed by atoms with E-state index in [1.165, 1.54) is 12.5 Å². The topological polar surface area (TPSA) is 17.1 Å². The molecular formula is C16H21FO. The summed E-state index contributed by atoms with van der Waals surface area (Å²) in [5.41, 5.74) is 1.24. The van der Waals surface area contributed by atoms with Crippen LogP contribution in [0.25, 0.3) is 0 Å². The summed E-state index contributed by atoms with van der Waals surface area (Å²) in [7, 11) is 0. The van der Waals surface area contributed by atoms with Crippen molar-refractivity contribution in [2.45, 2.75) is 46.0 Å². The summed E-state index contributed by atoms with van der Waals surface area (Å²) in [4.78, 5) is 12.4. The second-order valence-corrected chi connectivity index (χ2v) is 5.49. The van der Waals surface area contributed by atoms with Crippen LogP contribution in [0.1, 0.15) is 54.9 Å². The van der Waals surface area contributed by atoms with E-state index in [1.54, 1.807) is 12.1 Å². The number of carbonyl (C=O) groups is 1. The van der Waals surface area contributed by atoms with Crippen LogP contribution in [0.15, 0.2) is 18.2 Å². The lowest BCUT2D eigenvalue weighted by Gasteiger charge is -2.27. The fourth-order valence-electron chi connectivity index (χ4n) is 2.95. The van der Waals surface area contributed by atoms with Crippen molar-refractivity contribution in [1.29, 1.82) is 0 Å². The third-order valence-electron chi connectivity index (χ3n) is 4.12. The molecule has 1 aliphatic rings. The van der Waals surface area contributed by atoms with Crippen molar-refractivity contribution in [3.05, 3.63) is 35.1 Å². The maximum atomic E-state index is 13.7. The van der Waals surface area contributed by atoms with Crippen molar-refractivity contribution in [1.82, 2.24) is 0 Å². The molecule has 0 bridgehead atoms. The van der Waals surface area contributed by atoms with Crippen molar-refractivity contribution in [3.63, 3.8) is 0 Å². The Hall–Kier alpha value is -1.18. The van der Waals surface area contributed by atoms with Crippen molar-refractivity contribution < 1.29 is 9.18 Å². The molecule has 1 aromatic rings. The van der Waals surface area contributed by atoms with Gasteiger partial charge in [0, 0.05) is 5.92 Å². The standard InChI is InChI=1S/C16H21FO/c1-3-12-5-4-6-13(10-12)16(18)14-9-11(2)7-8-15(14)17/h7-9,12-13H,3-6,10H2,1-2H3. The van der Waals surface area contributed by atoms with E-state index in [0.717, 1.165) is 31.2 Å². The quantitative estimate of drug-likeness (QED) is 0.718. The van der Waals surface area contributed by atoms with Crippen molar-refractivity contribution >= 4 is 5.78 Å². The number of halogens is 1. The molecule has 0 amide bonds. The molecule has 0 N–H and O–H groups in total. The van der Waals surface area contributed by atoms with Crippen LogP contribution >= 0.6 is 0 Å². The Morgan fingerprint density at radius 2 is 2.17 bits per heavy atom. The molecule has 0 aromatic heterocycles. The first kappa shape index (κ1) is 13.3. The fourth-order valence-corrected chi connectivity index (χ4v) is 2.95. The van der Waals surface area contributed by atoms with Gasteiger partial charge in [0.25, 0.3) is 0 Å². The average Bonchev–Trinajstić information content (AvgIpc) is 2.41. The second-order valence-electron chi connectivity index (χ2n) is 5.49. The Kier molecular flexibility index (Phi) is 4.15. The Labute approximate surface area is 108 Å². The Morgan fingerprint density at radius 1 is 1.39 bits per heavy atom. The predicted molar refractivity (Wildman–Crippen MR) is 71.2 cm³/mol. The van der Waals surface area contributed by atoms with Gasteiger partial charge in [0.1, 0.15) is 5.82 Å². The summed E-state index contributed by atoms with van der Waals surface area (Å²) in [6.45, 7) is 4.07. The van der Waals surface area contributed by atoms with Crippen LogP contribution in [0.4, 0.5) is 4.39 Å². The van der Waals surface area contributed by atoms with E-state index >= 15 is 0 Å². The molecule has 1 aliphatic carbocycles. The first-order chi connectivity index (χ1) is 8.61. The molecule has 1 saturated carbocycles. The number of Topliss-reactive ketones (excluding diaryl/α,β-unsaturated/α-hetero) is 1. The normalized spacial score (nSPS) is 23.9. The molecule has 0 heterocycles. The molecule has 2 rings (SSSR count). The molecule has 2 heteroatoms. The number of hydrogen-bond donors (Lipinski definition) is 0. The molecule has 1 fully saturated rings. The fraction of sp³-hybridized carbons (Fsp3) is 0.562. The summed E-state index contributed by atoms with van der Waals surface area (Å²) in [5.74, 6) is 0.305. The Balaban J connectivity index is 2.17. The van der Waals surface area contributed by atoms with Crippen LogP contribution in [0, 0.1) is 24.6 Å². The largest absolute Gasteiger partial charge is 0.294 e. The maximum absolute atomic E-state index is 13.7. The van der Waals surface area contributed by atoms with Crippen LogP contribution in [-0.4, -0.2) is 5.78 Å². The minimum absolute atomic E-state index is 0.00866. The zero-order valence-corrected chi connectivity index (χ0v) is 11.2. The van der Waals surface area contributed by atoms with E-state index in [-0.39, 0.29) is 23.1 Å². The summed E-state index contributed by atoms with van der Waals surface area (Å²) in [5, 5.41) is 0. The van der Waals surface area contributed by atoms with Gasteiger partial charge >= 0.3 is 0 Å². The lowest BCUT2D eigenvalue weighted by Crippen LogP contribution is -2.23. The lowest BCUT2D eigenvalue weighted by atomic mass is 9.77. The summed E-state index contributed by atoms with van der Waals surface area (Å²) >= 11 is 0. The average molecular weight is 248 g/mol. The van der Waals surface area contributed by atoms with Gasteiger partial charge in [-0.15, -0.1) is 0 Å². The third-order valence-corrected chi connectivity index (χ3v) is 4.12. The molecule has 2 atom stereocenters. The molecule has 98 valence electrons. The number of carbonyl (C=O) groups excluding carboxylic acids is 1. The minimum Gasteiger partial charge on any atom is -0.294 e. The van der Waals surface area contributed by atoms with Gasteiger partial charge in [0.2, 0.25) is 0 Å². The van der Waals surface area contributed by atoms with Crippen LogP contribution < -0.4 is 0 Å². The van der Waals surface area contributed by atoms with Crippen molar-refractivity contribution in [3.8, 4) is 0 Å². The molecule has 18 heavy (non-hydrogen) atoms. The van der Waals surface area contributed by atoms with E-state index in [1.807, 2.05) is 6.92 Å². The highest BCUT2D eigenvalue weighted by Crippen LogP contribution is 2.33. The van der Waals surface area contributed by atoms with Crippen LogP contribution in [0.2, 0.25) is 0 Å². The summed E-state index contributed by atoms with van der Waals surface area (Å²) in [6, 6.07) is 4.80. The van der Waals surface area contributed by atoms with Gasteiger partial charge < -0.3 is 0 Å². The van der Waals surface area contributed by atoms with E-state index in [0.29, 0.717) is 5.92 Å². The predicted octanol–water partition coefficient (Wildman–Crippen LogP) is 4.53. The monoisotopic (exact) mass is 248 g/mol. The summed E-state index contributed by atoms with van der Waals surface area (Å²) < 4.78 is 13.7. The molecule has 1 nitrogen and oxygen atoms in total. The SMILES string of the molecule is CCC1CCCC(C(=O)c2cc(C)ccc2F)C1. The van der Waals surface area contributed by atoms with Gasteiger partial charge in [-0.1, -0.05) is 37.8 Å². The number of ketones is 1. The van der Waals surface area contributed by atoms with Gasteiger partial charge in [-0.3, -0.25) is 4.79 Å². The first-order valence-corrected chi connectivity index (χ1v) is 6.92. The first-order valence-electron chi connectivity index (χ1n) is 6.92. The Bertz CT molecular complexity index is 439.